The molecule has 0 bridgehead atoms. The number of nitrogens with zero attached hydrogens (tertiary/aromatic N) is 4. The van der Waals surface area contributed by atoms with Gasteiger partial charge >= 0.3 is 5.95 Å². The molecule has 0 atom stereocenters. The van der Waals surface area contributed by atoms with Crippen LogP contribution in [0.4, 0.5) is 5.95 Å². The van der Waals surface area contributed by atoms with Gasteiger partial charge in [0.05, 0.1) is 11.6 Å². The van der Waals surface area contributed by atoms with E-state index in [9.17, 15) is 10.1 Å². The van der Waals surface area contributed by atoms with Gasteiger partial charge in [-0.3, -0.25) is 0 Å². The summed E-state index contributed by atoms with van der Waals surface area (Å²) in [6.07, 6.45) is 1.31. The monoisotopic (exact) mass is 244 g/mol. The van der Waals surface area contributed by atoms with Crippen LogP contribution in [-0.2, 0) is 6.54 Å². The van der Waals surface area contributed by atoms with Crippen LogP contribution in [0.5, 0.6) is 0 Å². The fourth-order valence-corrected chi connectivity index (χ4v) is 2.12. The highest BCUT2D eigenvalue weighted by atomic mass is 35.5. The highest BCUT2D eigenvalue weighted by Crippen LogP contribution is 2.22. The predicted molar refractivity (Wildman–Crippen MR) is 55.1 cm³/mol. The molecule has 0 aliphatic carbocycles. The second-order valence-corrected chi connectivity index (χ2v) is 4.10. The average molecular weight is 245 g/mol. The van der Waals surface area contributed by atoms with E-state index in [2.05, 4.69) is 10.1 Å². The third-order valence-electron chi connectivity index (χ3n) is 1.68. The smallest absolute Gasteiger partial charge is 0.390 e. The molecule has 2 heterocycles. The van der Waals surface area contributed by atoms with Crippen LogP contribution in [0.2, 0.25) is 5.02 Å². The first kappa shape index (κ1) is 10.1. The Morgan fingerprint density at radius 1 is 1.67 bits per heavy atom. The van der Waals surface area contributed by atoms with Gasteiger partial charge in [0.25, 0.3) is 0 Å². The maximum absolute atomic E-state index is 10.3. The van der Waals surface area contributed by atoms with Gasteiger partial charge < -0.3 is 10.1 Å². The van der Waals surface area contributed by atoms with Gasteiger partial charge in [0, 0.05) is 9.98 Å². The van der Waals surface area contributed by atoms with E-state index in [-0.39, 0.29) is 0 Å². The molecule has 0 saturated heterocycles. The molecule has 2 aromatic rings. The van der Waals surface area contributed by atoms with E-state index in [0.717, 1.165) is 4.88 Å². The van der Waals surface area contributed by atoms with Crippen LogP contribution in [-0.4, -0.2) is 19.7 Å². The molecule has 0 aliphatic rings. The minimum Gasteiger partial charge on any atom is -0.390 e. The first-order chi connectivity index (χ1) is 7.16. The van der Waals surface area contributed by atoms with Gasteiger partial charge in [0.2, 0.25) is 6.33 Å². The van der Waals surface area contributed by atoms with Crippen LogP contribution < -0.4 is 0 Å². The summed E-state index contributed by atoms with van der Waals surface area (Å²) < 4.78 is 1.38. The van der Waals surface area contributed by atoms with Crippen molar-refractivity contribution in [1.82, 2.24) is 14.8 Å². The molecule has 2 aromatic heterocycles. The Morgan fingerprint density at radius 3 is 3.00 bits per heavy atom. The maximum atomic E-state index is 10.3. The van der Waals surface area contributed by atoms with Crippen LogP contribution in [0, 0.1) is 10.1 Å². The van der Waals surface area contributed by atoms with Crippen molar-refractivity contribution >= 4 is 28.9 Å². The van der Waals surface area contributed by atoms with Gasteiger partial charge in [0.15, 0.2) is 0 Å². The quantitative estimate of drug-likeness (QED) is 0.611. The minimum absolute atomic E-state index is 0.400. The summed E-state index contributed by atoms with van der Waals surface area (Å²) in [7, 11) is 0. The van der Waals surface area contributed by atoms with Gasteiger partial charge in [-0.25, -0.2) is 0 Å². The van der Waals surface area contributed by atoms with Crippen LogP contribution >= 0.6 is 22.9 Å². The summed E-state index contributed by atoms with van der Waals surface area (Å²) in [4.78, 5) is 14.1. The molecule has 0 radical (unpaired) electrons. The Balaban J connectivity index is 2.18. The lowest BCUT2D eigenvalue weighted by Gasteiger charge is -1.93. The van der Waals surface area contributed by atoms with Crippen molar-refractivity contribution in [1.29, 1.82) is 0 Å². The topological polar surface area (TPSA) is 73.8 Å². The lowest BCUT2D eigenvalue weighted by molar-refractivity contribution is -0.394. The third-order valence-corrected chi connectivity index (χ3v) is 3.06. The van der Waals surface area contributed by atoms with Gasteiger partial charge in [0.1, 0.15) is 0 Å². The zero-order valence-electron chi connectivity index (χ0n) is 7.33. The van der Waals surface area contributed by atoms with Crippen LogP contribution in [0.15, 0.2) is 17.8 Å². The van der Waals surface area contributed by atoms with Gasteiger partial charge in [-0.2, -0.15) is 4.68 Å². The molecule has 2 rings (SSSR count). The first-order valence-electron chi connectivity index (χ1n) is 3.92. The number of hydrogen-bond donors (Lipinski definition) is 0. The Morgan fingerprint density at radius 2 is 2.47 bits per heavy atom. The van der Waals surface area contributed by atoms with Crippen LogP contribution in [0.1, 0.15) is 4.88 Å². The number of hydrogen-bond acceptors (Lipinski definition) is 5. The van der Waals surface area contributed by atoms with E-state index < -0.39 is 10.9 Å². The third kappa shape index (κ3) is 2.13. The standard InChI is InChI=1S/C7H5ClN4O2S/c8-5-1-2-15-6(5)3-11-4-9-7(10-11)12(13)14/h1-2,4H,3H2. The fourth-order valence-electron chi connectivity index (χ4n) is 1.03. The van der Waals surface area contributed by atoms with Crippen molar-refractivity contribution in [3.63, 3.8) is 0 Å². The zero-order chi connectivity index (χ0) is 10.8. The first-order valence-corrected chi connectivity index (χ1v) is 5.18. The number of aromatic nitrogens is 3. The molecule has 0 fully saturated rings. The Kier molecular flexibility index (Phi) is 2.65. The number of nitro groups is 1. The highest BCUT2D eigenvalue weighted by molar-refractivity contribution is 7.10. The molecule has 0 aromatic carbocycles. The van der Waals surface area contributed by atoms with Crippen molar-refractivity contribution in [3.8, 4) is 0 Å². The zero-order valence-corrected chi connectivity index (χ0v) is 8.90. The number of thiophene rings is 1. The summed E-state index contributed by atoms with van der Waals surface area (Å²) in [5.74, 6) is -0.400. The lowest BCUT2D eigenvalue weighted by Crippen LogP contribution is -1.99. The summed E-state index contributed by atoms with van der Waals surface area (Å²) in [5.41, 5.74) is 0. The van der Waals surface area contributed by atoms with Crippen LogP contribution in [0.3, 0.4) is 0 Å². The molecular formula is C7H5ClN4O2S. The SMILES string of the molecule is O=[N+]([O-])c1ncn(Cc2sccc2Cl)n1. The van der Waals surface area contributed by atoms with Crippen molar-refractivity contribution in [3.05, 3.63) is 37.8 Å². The molecule has 0 unspecified atom stereocenters. The molecule has 0 saturated carbocycles. The normalized spacial score (nSPS) is 10.5. The molecular weight excluding hydrogens is 240 g/mol. The van der Waals surface area contributed by atoms with Crippen molar-refractivity contribution in [2.45, 2.75) is 6.54 Å². The second kappa shape index (κ2) is 3.95. The molecule has 8 heteroatoms. The summed E-state index contributed by atoms with van der Waals surface area (Å²) in [5, 5.41) is 16.5. The summed E-state index contributed by atoms with van der Waals surface area (Å²) in [6, 6.07) is 1.77. The minimum atomic E-state index is -0.632. The van der Waals surface area contributed by atoms with Gasteiger partial charge in [-0.15, -0.1) is 11.3 Å². The lowest BCUT2D eigenvalue weighted by atomic mass is 10.5. The van der Waals surface area contributed by atoms with Crippen molar-refractivity contribution < 1.29 is 4.92 Å². The van der Waals surface area contributed by atoms with E-state index in [1.54, 1.807) is 6.07 Å². The van der Waals surface area contributed by atoms with E-state index in [1.807, 2.05) is 5.38 Å². The van der Waals surface area contributed by atoms with E-state index in [0.29, 0.717) is 11.6 Å². The predicted octanol–water partition coefficient (Wildman–Crippen LogP) is 1.95. The van der Waals surface area contributed by atoms with Crippen molar-refractivity contribution in [2.24, 2.45) is 0 Å². The average Bonchev–Trinajstić information content (AvgIpc) is 2.77. The summed E-state index contributed by atoms with van der Waals surface area (Å²) >= 11 is 7.35. The molecule has 0 spiro atoms. The molecule has 0 aliphatic heterocycles. The Hall–Kier alpha value is -1.47. The van der Waals surface area contributed by atoms with Crippen molar-refractivity contribution in [2.75, 3.05) is 0 Å². The second-order valence-electron chi connectivity index (χ2n) is 2.69. The molecule has 78 valence electrons. The Bertz CT molecular complexity index is 495. The fraction of sp³-hybridized carbons (Fsp3) is 0.143. The molecule has 6 nitrogen and oxygen atoms in total. The molecule has 15 heavy (non-hydrogen) atoms. The van der Waals surface area contributed by atoms with E-state index in [1.165, 1.54) is 22.3 Å². The van der Waals surface area contributed by atoms with Crippen LogP contribution in [0.25, 0.3) is 0 Å². The highest BCUT2D eigenvalue weighted by Gasteiger charge is 2.14. The van der Waals surface area contributed by atoms with E-state index in [4.69, 9.17) is 11.6 Å². The molecule has 0 N–H and O–H groups in total. The largest absolute Gasteiger partial charge is 0.490 e. The Labute approximate surface area is 93.3 Å². The van der Waals surface area contributed by atoms with Gasteiger partial charge in [-0.1, -0.05) is 16.6 Å². The summed E-state index contributed by atoms with van der Waals surface area (Å²) in [6.45, 7) is 0.400. The van der Waals surface area contributed by atoms with Gasteiger partial charge in [-0.05, 0) is 16.4 Å². The number of halogens is 1. The number of rotatable bonds is 3. The van der Waals surface area contributed by atoms with E-state index >= 15 is 0 Å². The maximum Gasteiger partial charge on any atom is 0.490 e. The molecule has 0 amide bonds.